The molecule has 1 aliphatic heterocycles. The van der Waals surface area contributed by atoms with E-state index in [1.54, 1.807) is 4.90 Å². The summed E-state index contributed by atoms with van der Waals surface area (Å²) >= 11 is 0. The van der Waals surface area contributed by atoms with Crippen LogP contribution in [0.1, 0.15) is 72.6 Å². The Bertz CT molecular complexity index is 593. The normalized spacial score (nSPS) is 35.8. The summed E-state index contributed by atoms with van der Waals surface area (Å²) in [5.74, 6) is 1.05. The van der Waals surface area contributed by atoms with Crippen molar-refractivity contribution < 1.29 is 19.1 Å². The summed E-state index contributed by atoms with van der Waals surface area (Å²) < 4.78 is 5.52. The third kappa shape index (κ3) is 3.54. The maximum atomic E-state index is 13.1. The lowest BCUT2D eigenvalue weighted by molar-refractivity contribution is -0.142. The molecule has 146 valence electrons. The fraction of sp³-hybridized carbons (Fsp3) is 0.857. The highest BCUT2D eigenvalue weighted by Crippen LogP contribution is 2.57. The molecule has 26 heavy (non-hydrogen) atoms. The second-order valence-corrected chi connectivity index (χ2v) is 9.64. The molecule has 1 spiro atoms. The Morgan fingerprint density at radius 3 is 2.54 bits per heavy atom. The molecular formula is C21H33NO4. The van der Waals surface area contributed by atoms with Crippen molar-refractivity contribution in [3.05, 3.63) is 0 Å². The quantitative estimate of drug-likeness (QED) is 0.653. The average molecular weight is 363 g/mol. The van der Waals surface area contributed by atoms with Gasteiger partial charge in [-0.15, -0.1) is 0 Å². The van der Waals surface area contributed by atoms with Crippen LogP contribution in [0.4, 0.5) is 4.79 Å². The molecule has 3 fully saturated rings. The van der Waals surface area contributed by atoms with Gasteiger partial charge in [-0.25, -0.2) is 4.79 Å². The lowest BCUT2D eigenvalue weighted by Crippen LogP contribution is -2.46. The maximum Gasteiger partial charge on any atom is 0.410 e. The molecule has 0 radical (unpaired) electrons. The van der Waals surface area contributed by atoms with Gasteiger partial charge in [0.2, 0.25) is 0 Å². The zero-order valence-corrected chi connectivity index (χ0v) is 16.7. The third-order valence-electron chi connectivity index (χ3n) is 6.52. The summed E-state index contributed by atoms with van der Waals surface area (Å²) in [5, 5.41) is 0. The van der Waals surface area contributed by atoms with E-state index >= 15 is 0 Å². The van der Waals surface area contributed by atoms with Crippen LogP contribution in [0.15, 0.2) is 0 Å². The Morgan fingerprint density at radius 2 is 1.85 bits per heavy atom. The number of hydrogen-bond acceptors (Lipinski definition) is 4. The number of carbonyl (C=O) groups excluding carboxylic acids is 3. The molecule has 5 nitrogen and oxygen atoms in total. The van der Waals surface area contributed by atoms with E-state index < -0.39 is 11.0 Å². The third-order valence-corrected chi connectivity index (χ3v) is 6.52. The second kappa shape index (κ2) is 6.97. The van der Waals surface area contributed by atoms with Crippen LogP contribution in [-0.2, 0) is 14.3 Å². The first kappa shape index (κ1) is 19.4. The number of ketones is 2. The van der Waals surface area contributed by atoms with E-state index in [-0.39, 0.29) is 23.7 Å². The Balaban J connectivity index is 1.78. The number of ether oxygens (including phenoxy) is 1. The molecule has 1 saturated heterocycles. The molecule has 2 saturated carbocycles. The summed E-state index contributed by atoms with van der Waals surface area (Å²) in [6.45, 7) is 8.94. The Hall–Kier alpha value is -1.39. The number of hydrogen-bond donors (Lipinski definition) is 0. The van der Waals surface area contributed by atoms with Crippen LogP contribution < -0.4 is 0 Å². The van der Waals surface area contributed by atoms with Gasteiger partial charge in [-0.1, -0.05) is 6.92 Å². The Morgan fingerprint density at radius 1 is 1.15 bits per heavy atom. The van der Waals surface area contributed by atoms with Gasteiger partial charge in [0.1, 0.15) is 17.2 Å². The van der Waals surface area contributed by atoms with E-state index in [1.165, 1.54) is 0 Å². The Kier molecular flexibility index (Phi) is 5.19. The fourth-order valence-electron chi connectivity index (χ4n) is 5.54. The molecular weight excluding hydrogens is 330 g/mol. The summed E-state index contributed by atoms with van der Waals surface area (Å²) in [6.07, 6.45) is 4.87. The van der Waals surface area contributed by atoms with Gasteiger partial charge >= 0.3 is 6.09 Å². The van der Waals surface area contributed by atoms with Crippen LogP contribution in [0.25, 0.3) is 0 Å². The van der Waals surface area contributed by atoms with E-state index in [2.05, 4.69) is 6.92 Å². The minimum absolute atomic E-state index is 0.133. The van der Waals surface area contributed by atoms with Crippen molar-refractivity contribution in [1.82, 2.24) is 4.90 Å². The largest absolute Gasteiger partial charge is 0.444 e. The average Bonchev–Trinajstić information content (AvgIpc) is 2.81. The standard InChI is InChI=1S/C21H33NO4/c1-14-11-15-13-17(23)16-7-5-9-22(19(25)26-20(2,3)4)10-6-8-21(15,16)18(24)12-14/h14-16H,5-13H2,1-4H3. The minimum atomic E-state index is -0.513. The van der Waals surface area contributed by atoms with Crippen molar-refractivity contribution in [2.45, 2.75) is 78.2 Å². The minimum Gasteiger partial charge on any atom is -0.444 e. The van der Waals surface area contributed by atoms with Crippen molar-refractivity contribution in [3.8, 4) is 0 Å². The van der Waals surface area contributed by atoms with Crippen LogP contribution in [-0.4, -0.2) is 41.3 Å². The smallest absolute Gasteiger partial charge is 0.410 e. The molecule has 4 atom stereocenters. The van der Waals surface area contributed by atoms with Gasteiger partial charge in [0, 0.05) is 37.3 Å². The topological polar surface area (TPSA) is 63.7 Å². The molecule has 0 bridgehead atoms. The van der Waals surface area contributed by atoms with Gasteiger partial charge < -0.3 is 9.64 Å². The van der Waals surface area contributed by atoms with Gasteiger partial charge in [0.15, 0.2) is 0 Å². The molecule has 2 aliphatic carbocycles. The van der Waals surface area contributed by atoms with Crippen molar-refractivity contribution in [3.63, 3.8) is 0 Å². The number of amides is 1. The molecule has 3 rings (SSSR count). The lowest BCUT2D eigenvalue weighted by atomic mass is 9.58. The second-order valence-electron chi connectivity index (χ2n) is 9.64. The van der Waals surface area contributed by atoms with E-state index in [9.17, 15) is 14.4 Å². The van der Waals surface area contributed by atoms with E-state index in [0.29, 0.717) is 37.6 Å². The fourth-order valence-corrected chi connectivity index (χ4v) is 5.54. The maximum absolute atomic E-state index is 13.1. The summed E-state index contributed by atoms with van der Waals surface area (Å²) in [5.41, 5.74) is -0.964. The molecule has 1 heterocycles. The lowest BCUT2D eigenvalue weighted by Gasteiger charge is -2.43. The molecule has 0 aromatic heterocycles. The van der Waals surface area contributed by atoms with Crippen molar-refractivity contribution in [2.75, 3.05) is 13.1 Å². The number of rotatable bonds is 0. The SMILES string of the molecule is CC1CC(=O)C23CCCN(C(=O)OC(C)(C)C)CCCC2C(=O)CC3C1. The van der Waals surface area contributed by atoms with Gasteiger partial charge in [-0.2, -0.15) is 0 Å². The van der Waals surface area contributed by atoms with Crippen LogP contribution in [0.3, 0.4) is 0 Å². The van der Waals surface area contributed by atoms with Gasteiger partial charge in [-0.05, 0) is 64.7 Å². The van der Waals surface area contributed by atoms with E-state index in [1.807, 2.05) is 20.8 Å². The highest BCUT2D eigenvalue weighted by Gasteiger charge is 2.60. The molecule has 0 aromatic carbocycles. The zero-order valence-electron chi connectivity index (χ0n) is 16.7. The van der Waals surface area contributed by atoms with Crippen LogP contribution in [0, 0.1) is 23.2 Å². The van der Waals surface area contributed by atoms with Crippen molar-refractivity contribution >= 4 is 17.7 Å². The molecule has 4 unspecified atom stereocenters. The van der Waals surface area contributed by atoms with Gasteiger partial charge in [0.05, 0.1) is 0 Å². The molecule has 3 aliphatic rings. The summed E-state index contributed by atoms with van der Waals surface area (Å²) in [7, 11) is 0. The number of nitrogens with zero attached hydrogens (tertiary/aromatic N) is 1. The van der Waals surface area contributed by atoms with Crippen LogP contribution in [0.2, 0.25) is 0 Å². The molecule has 5 heteroatoms. The highest BCUT2D eigenvalue weighted by atomic mass is 16.6. The monoisotopic (exact) mass is 363 g/mol. The zero-order chi connectivity index (χ0) is 19.1. The van der Waals surface area contributed by atoms with Crippen LogP contribution in [0.5, 0.6) is 0 Å². The predicted molar refractivity (Wildman–Crippen MR) is 98.7 cm³/mol. The first-order valence-electron chi connectivity index (χ1n) is 10.2. The molecule has 0 aromatic rings. The first-order chi connectivity index (χ1) is 12.1. The first-order valence-corrected chi connectivity index (χ1v) is 10.2. The van der Waals surface area contributed by atoms with Gasteiger partial charge in [0.25, 0.3) is 0 Å². The number of Topliss-reactive ketones (excluding diaryl/α,β-unsaturated/α-hetero) is 2. The van der Waals surface area contributed by atoms with E-state index in [0.717, 1.165) is 32.1 Å². The van der Waals surface area contributed by atoms with E-state index in [4.69, 9.17) is 4.74 Å². The van der Waals surface area contributed by atoms with Crippen molar-refractivity contribution in [2.24, 2.45) is 23.2 Å². The van der Waals surface area contributed by atoms with Crippen LogP contribution >= 0.6 is 0 Å². The summed E-state index contributed by atoms with van der Waals surface area (Å²) in [6, 6.07) is 0. The van der Waals surface area contributed by atoms with Gasteiger partial charge in [-0.3, -0.25) is 9.59 Å². The highest BCUT2D eigenvalue weighted by molar-refractivity contribution is 5.97. The number of carbonyl (C=O) groups is 3. The van der Waals surface area contributed by atoms with Crippen molar-refractivity contribution in [1.29, 1.82) is 0 Å². The molecule has 1 amide bonds. The molecule has 0 N–H and O–H groups in total. The summed E-state index contributed by atoms with van der Waals surface area (Å²) in [4.78, 5) is 40.1. The Labute approximate surface area is 156 Å². The predicted octanol–water partition coefficient (Wildman–Crippen LogP) is 3.99.